The number of hydrogen-bond donors (Lipinski definition) is 2. The molecule has 0 fully saturated rings. The zero-order valence-corrected chi connectivity index (χ0v) is 10.7. The lowest BCUT2D eigenvalue weighted by molar-refractivity contribution is -0.115. The van der Waals surface area contributed by atoms with Gasteiger partial charge in [0.2, 0.25) is 11.0 Å². The van der Waals surface area contributed by atoms with Gasteiger partial charge in [-0.05, 0) is 19.1 Å². The molecule has 0 spiro atoms. The van der Waals surface area contributed by atoms with Crippen LogP contribution in [0.4, 0.5) is 5.13 Å². The summed E-state index contributed by atoms with van der Waals surface area (Å²) in [5, 5.41) is 14.7. The van der Waals surface area contributed by atoms with Crippen LogP contribution in [0.25, 0.3) is 0 Å². The average molecular weight is 263 g/mol. The fourth-order valence-electron chi connectivity index (χ4n) is 1.32. The van der Waals surface area contributed by atoms with E-state index in [1.54, 1.807) is 6.20 Å². The van der Waals surface area contributed by atoms with Crippen molar-refractivity contribution >= 4 is 22.4 Å². The van der Waals surface area contributed by atoms with Gasteiger partial charge in [0.25, 0.3) is 0 Å². The first-order chi connectivity index (χ1) is 8.74. The van der Waals surface area contributed by atoms with Crippen LogP contribution in [0.2, 0.25) is 0 Å². The van der Waals surface area contributed by atoms with Crippen molar-refractivity contribution in [2.75, 3.05) is 11.9 Å². The second-order valence-corrected chi connectivity index (χ2v) is 4.78. The molecule has 0 radical (unpaired) electrons. The van der Waals surface area contributed by atoms with Gasteiger partial charge in [-0.2, -0.15) is 0 Å². The van der Waals surface area contributed by atoms with Gasteiger partial charge in [0, 0.05) is 12.7 Å². The topological polar surface area (TPSA) is 79.8 Å². The third-order valence-electron chi connectivity index (χ3n) is 2.09. The molecule has 94 valence electrons. The lowest BCUT2D eigenvalue weighted by atomic mass is 10.3. The molecule has 18 heavy (non-hydrogen) atoms. The molecule has 2 N–H and O–H groups in total. The summed E-state index contributed by atoms with van der Waals surface area (Å²) in [7, 11) is 0. The molecule has 2 aromatic heterocycles. The molecule has 0 saturated heterocycles. The molecule has 0 aliphatic carbocycles. The van der Waals surface area contributed by atoms with E-state index in [0.717, 1.165) is 10.7 Å². The molecule has 2 heterocycles. The maximum atomic E-state index is 11.6. The molecule has 2 rings (SSSR count). The molecule has 2 aromatic rings. The Labute approximate surface area is 108 Å². The molecule has 0 aromatic carbocycles. The summed E-state index contributed by atoms with van der Waals surface area (Å²) in [6.07, 6.45) is 1.72. The van der Waals surface area contributed by atoms with Gasteiger partial charge in [-0.1, -0.05) is 17.4 Å². The highest BCUT2D eigenvalue weighted by molar-refractivity contribution is 7.15. The minimum absolute atomic E-state index is 0.137. The van der Waals surface area contributed by atoms with Crippen molar-refractivity contribution in [3.05, 3.63) is 35.1 Å². The quantitative estimate of drug-likeness (QED) is 0.840. The van der Waals surface area contributed by atoms with Crippen LogP contribution in [0.15, 0.2) is 24.4 Å². The lowest BCUT2D eigenvalue weighted by Gasteiger charge is -2.03. The molecule has 0 aliphatic heterocycles. The zero-order valence-electron chi connectivity index (χ0n) is 9.88. The van der Waals surface area contributed by atoms with Crippen molar-refractivity contribution in [1.82, 2.24) is 20.5 Å². The SMILES string of the molecule is Cc1nnc(NC(=O)CNCc2ccccn2)s1. The minimum Gasteiger partial charge on any atom is -0.303 e. The summed E-state index contributed by atoms with van der Waals surface area (Å²) >= 11 is 1.35. The van der Waals surface area contributed by atoms with Gasteiger partial charge < -0.3 is 5.32 Å². The maximum Gasteiger partial charge on any atom is 0.240 e. The van der Waals surface area contributed by atoms with E-state index in [1.807, 2.05) is 25.1 Å². The van der Waals surface area contributed by atoms with E-state index in [1.165, 1.54) is 11.3 Å². The van der Waals surface area contributed by atoms with Crippen LogP contribution >= 0.6 is 11.3 Å². The Balaban J connectivity index is 1.72. The van der Waals surface area contributed by atoms with Crippen LogP contribution in [0, 0.1) is 6.92 Å². The van der Waals surface area contributed by atoms with Crippen molar-refractivity contribution in [1.29, 1.82) is 0 Å². The van der Waals surface area contributed by atoms with E-state index in [9.17, 15) is 4.79 Å². The Morgan fingerprint density at radius 2 is 2.28 bits per heavy atom. The van der Waals surface area contributed by atoms with Gasteiger partial charge in [-0.25, -0.2) is 0 Å². The number of rotatable bonds is 5. The molecule has 0 saturated carbocycles. The molecule has 7 heteroatoms. The molecule has 0 unspecified atom stereocenters. The molecule has 0 aliphatic rings. The van der Waals surface area contributed by atoms with Gasteiger partial charge in [0.15, 0.2) is 0 Å². The summed E-state index contributed by atoms with van der Waals surface area (Å²) in [5.74, 6) is -0.137. The third-order valence-corrected chi connectivity index (χ3v) is 2.84. The number of pyridine rings is 1. The van der Waals surface area contributed by atoms with E-state index in [-0.39, 0.29) is 12.5 Å². The van der Waals surface area contributed by atoms with E-state index < -0.39 is 0 Å². The molecule has 6 nitrogen and oxygen atoms in total. The normalized spacial score (nSPS) is 10.3. The van der Waals surface area contributed by atoms with E-state index in [2.05, 4.69) is 25.8 Å². The monoisotopic (exact) mass is 263 g/mol. The summed E-state index contributed by atoms with van der Waals surface area (Å²) in [5.41, 5.74) is 0.900. The van der Waals surface area contributed by atoms with Crippen LogP contribution in [0.5, 0.6) is 0 Å². The first-order valence-corrected chi connectivity index (χ1v) is 6.26. The van der Waals surface area contributed by atoms with Crippen molar-refractivity contribution in [3.63, 3.8) is 0 Å². The van der Waals surface area contributed by atoms with Crippen molar-refractivity contribution in [2.45, 2.75) is 13.5 Å². The Hall–Kier alpha value is -1.86. The number of amides is 1. The second kappa shape index (κ2) is 6.18. The van der Waals surface area contributed by atoms with Crippen LogP contribution in [-0.4, -0.2) is 27.6 Å². The van der Waals surface area contributed by atoms with Crippen molar-refractivity contribution in [3.8, 4) is 0 Å². The first-order valence-electron chi connectivity index (χ1n) is 5.44. The average Bonchev–Trinajstić information content (AvgIpc) is 2.76. The van der Waals surface area contributed by atoms with E-state index >= 15 is 0 Å². The van der Waals surface area contributed by atoms with Gasteiger partial charge in [-0.15, -0.1) is 10.2 Å². The summed E-state index contributed by atoms with van der Waals surface area (Å²) < 4.78 is 0. The highest BCUT2D eigenvalue weighted by Crippen LogP contribution is 2.12. The summed E-state index contributed by atoms with van der Waals surface area (Å²) in [4.78, 5) is 15.7. The third kappa shape index (κ3) is 3.86. The Morgan fingerprint density at radius 3 is 2.94 bits per heavy atom. The lowest BCUT2D eigenvalue weighted by Crippen LogP contribution is -2.27. The number of carbonyl (C=O) groups is 1. The molecule has 0 bridgehead atoms. The van der Waals surface area contributed by atoms with Crippen LogP contribution in [0.3, 0.4) is 0 Å². The smallest absolute Gasteiger partial charge is 0.240 e. The number of carbonyl (C=O) groups excluding carboxylic acids is 1. The number of nitrogens with one attached hydrogen (secondary N) is 2. The van der Waals surface area contributed by atoms with Gasteiger partial charge in [-0.3, -0.25) is 15.1 Å². The van der Waals surface area contributed by atoms with Gasteiger partial charge >= 0.3 is 0 Å². The van der Waals surface area contributed by atoms with Crippen LogP contribution in [0.1, 0.15) is 10.7 Å². The number of aryl methyl sites for hydroxylation is 1. The summed E-state index contributed by atoms with van der Waals surface area (Å²) in [6, 6.07) is 5.67. The first kappa shape index (κ1) is 12.6. The Kier molecular flexibility index (Phi) is 4.32. The Bertz CT molecular complexity index is 513. The van der Waals surface area contributed by atoms with Gasteiger partial charge in [0.1, 0.15) is 5.01 Å². The fraction of sp³-hybridized carbons (Fsp3) is 0.273. The van der Waals surface area contributed by atoms with Crippen LogP contribution < -0.4 is 10.6 Å². The van der Waals surface area contributed by atoms with E-state index in [4.69, 9.17) is 0 Å². The highest BCUT2D eigenvalue weighted by Gasteiger charge is 2.05. The predicted molar refractivity (Wildman–Crippen MR) is 69.2 cm³/mol. The fourth-order valence-corrected chi connectivity index (χ4v) is 1.93. The van der Waals surface area contributed by atoms with Crippen molar-refractivity contribution < 1.29 is 4.79 Å². The van der Waals surface area contributed by atoms with Crippen molar-refractivity contribution in [2.24, 2.45) is 0 Å². The highest BCUT2D eigenvalue weighted by atomic mass is 32.1. The van der Waals surface area contributed by atoms with E-state index in [0.29, 0.717) is 11.7 Å². The van der Waals surface area contributed by atoms with Crippen LogP contribution in [-0.2, 0) is 11.3 Å². The largest absolute Gasteiger partial charge is 0.303 e. The Morgan fingerprint density at radius 1 is 1.39 bits per heavy atom. The number of hydrogen-bond acceptors (Lipinski definition) is 6. The number of anilines is 1. The maximum absolute atomic E-state index is 11.6. The second-order valence-electron chi connectivity index (χ2n) is 3.60. The standard InChI is InChI=1S/C11H13N5OS/c1-8-15-16-11(18-8)14-10(17)7-12-6-9-4-2-3-5-13-9/h2-5,12H,6-7H2,1H3,(H,14,16,17). The minimum atomic E-state index is -0.137. The van der Waals surface area contributed by atoms with Gasteiger partial charge in [0.05, 0.1) is 12.2 Å². The predicted octanol–water partition coefficient (Wildman–Crippen LogP) is 0.970. The summed E-state index contributed by atoms with van der Waals surface area (Å²) in [6.45, 7) is 2.62. The number of nitrogens with zero attached hydrogens (tertiary/aromatic N) is 3. The molecule has 1 amide bonds. The number of aromatic nitrogens is 3. The molecule has 0 atom stereocenters. The molecular weight excluding hydrogens is 250 g/mol. The zero-order chi connectivity index (χ0) is 12.8. The molecular formula is C11H13N5OS.